The average molecular weight is 360 g/mol. The number of sulfonamides is 1. The molecule has 0 saturated carbocycles. The molecule has 0 aliphatic rings. The first-order valence-corrected chi connectivity index (χ1v) is 9.01. The Balaban J connectivity index is 1.84. The van der Waals surface area contributed by atoms with E-state index in [9.17, 15) is 13.2 Å². The van der Waals surface area contributed by atoms with E-state index in [1.807, 2.05) is 43.3 Å². The predicted octanol–water partition coefficient (Wildman–Crippen LogP) is 1.18. The summed E-state index contributed by atoms with van der Waals surface area (Å²) < 4.78 is 26.2. The first kappa shape index (κ1) is 18.6. The Hall–Kier alpha value is -2.71. The van der Waals surface area contributed by atoms with Crippen LogP contribution in [0.4, 0.5) is 5.69 Å². The Labute approximate surface area is 147 Å². The van der Waals surface area contributed by atoms with E-state index in [1.54, 1.807) is 18.2 Å². The van der Waals surface area contributed by atoms with Gasteiger partial charge in [0.25, 0.3) is 5.91 Å². The molecule has 2 N–H and O–H groups in total. The molecule has 8 heteroatoms. The summed E-state index contributed by atoms with van der Waals surface area (Å²) in [4.78, 5) is 13.8. The second kappa shape index (κ2) is 8.41. The van der Waals surface area contributed by atoms with E-state index in [2.05, 4.69) is 15.2 Å². The number of hydrogen-bond acceptors (Lipinski definition) is 5. The summed E-state index contributed by atoms with van der Waals surface area (Å²) >= 11 is 0. The van der Waals surface area contributed by atoms with Crippen molar-refractivity contribution >= 4 is 27.8 Å². The summed E-state index contributed by atoms with van der Waals surface area (Å²) in [5.41, 5.74) is 4.15. The van der Waals surface area contributed by atoms with Crippen molar-refractivity contribution in [1.29, 1.82) is 0 Å². The molecule has 2 rings (SSSR count). The summed E-state index contributed by atoms with van der Waals surface area (Å²) in [6, 6.07) is 15.4. The molecule has 132 valence electrons. The van der Waals surface area contributed by atoms with Crippen LogP contribution in [0.15, 0.2) is 64.6 Å². The van der Waals surface area contributed by atoms with Crippen molar-refractivity contribution in [3.8, 4) is 0 Å². The maximum absolute atomic E-state index is 12.0. The lowest BCUT2D eigenvalue weighted by Gasteiger charge is -2.11. The van der Waals surface area contributed by atoms with Crippen LogP contribution in [0.25, 0.3) is 0 Å². The molecular formula is C17H20N4O3S. The molecule has 0 bridgehead atoms. The van der Waals surface area contributed by atoms with Gasteiger partial charge in [0.05, 0.1) is 17.7 Å². The molecule has 0 aliphatic carbocycles. The zero-order chi connectivity index (χ0) is 18.3. The molecule has 0 fully saturated rings. The fourth-order valence-electron chi connectivity index (χ4n) is 1.92. The number of benzene rings is 2. The standard InChI is InChI=1S/C17H20N4O3S/c1-21(2)15-10-8-14(9-11-15)12-18-20-17(22)13-19-25(23,24)16-6-4-3-5-7-16/h3-12,19H,13H2,1-2H3,(H,20,22)/b18-12+. The van der Waals surface area contributed by atoms with Crippen molar-refractivity contribution in [2.75, 3.05) is 25.5 Å². The van der Waals surface area contributed by atoms with Crippen LogP contribution in [-0.2, 0) is 14.8 Å². The zero-order valence-corrected chi connectivity index (χ0v) is 14.8. The highest BCUT2D eigenvalue weighted by molar-refractivity contribution is 7.89. The highest BCUT2D eigenvalue weighted by Crippen LogP contribution is 2.10. The van der Waals surface area contributed by atoms with Crippen molar-refractivity contribution in [2.24, 2.45) is 5.10 Å². The summed E-state index contributed by atoms with van der Waals surface area (Å²) in [7, 11) is 0.176. The lowest BCUT2D eigenvalue weighted by molar-refractivity contribution is -0.119. The minimum Gasteiger partial charge on any atom is -0.378 e. The molecule has 0 saturated heterocycles. The van der Waals surface area contributed by atoms with E-state index in [4.69, 9.17) is 0 Å². The summed E-state index contributed by atoms with van der Waals surface area (Å²) in [5.74, 6) is -0.555. The Bertz CT molecular complexity index is 832. The van der Waals surface area contributed by atoms with Crippen LogP contribution in [0.5, 0.6) is 0 Å². The van der Waals surface area contributed by atoms with Crippen LogP contribution >= 0.6 is 0 Å². The second-order valence-corrected chi connectivity index (χ2v) is 7.18. The lowest BCUT2D eigenvalue weighted by Crippen LogP contribution is -2.34. The molecule has 0 spiro atoms. The van der Waals surface area contributed by atoms with E-state index < -0.39 is 22.5 Å². The van der Waals surface area contributed by atoms with Crippen molar-refractivity contribution in [1.82, 2.24) is 10.1 Å². The van der Waals surface area contributed by atoms with Crippen LogP contribution in [0, 0.1) is 0 Å². The number of hydrogen-bond donors (Lipinski definition) is 2. The van der Waals surface area contributed by atoms with Gasteiger partial charge in [0, 0.05) is 19.8 Å². The van der Waals surface area contributed by atoms with Gasteiger partial charge >= 0.3 is 0 Å². The van der Waals surface area contributed by atoms with Crippen LogP contribution in [-0.4, -0.2) is 41.2 Å². The van der Waals surface area contributed by atoms with Crippen LogP contribution in [0.2, 0.25) is 0 Å². The SMILES string of the molecule is CN(C)c1ccc(/C=N/NC(=O)CNS(=O)(=O)c2ccccc2)cc1. The molecule has 0 aromatic heterocycles. The number of hydrazone groups is 1. The van der Waals surface area contributed by atoms with Crippen LogP contribution in [0.1, 0.15) is 5.56 Å². The smallest absolute Gasteiger partial charge is 0.255 e. The highest BCUT2D eigenvalue weighted by Gasteiger charge is 2.14. The Morgan fingerprint density at radius 3 is 2.32 bits per heavy atom. The minimum atomic E-state index is -3.71. The largest absolute Gasteiger partial charge is 0.378 e. The second-order valence-electron chi connectivity index (χ2n) is 5.42. The first-order valence-electron chi connectivity index (χ1n) is 7.52. The van der Waals surface area contributed by atoms with E-state index in [0.29, 0.717) is 0 Å². The normalized spacial score (nSPS) is 11.4. The summed E-state index contributed by atoms with van der Waals surface area (Å²) in [6.45, 7) is -0.395. The van der Waals surface area contributed by atoms with Gasteiger partial charge in [-0.3, -0.25) is 4.79 Å². The zero-order valence-electron chi connectivity index (χ0n) is 14.0. The van der Waals surface area contributed by atoms with E-state index in [0.717, 1.165) is 11.3 Å². The third-order valence-corrected chi connectivity index (χ3v) is 4.71. The third-order valence-electron chi connectivity index (χ3n) is 3.29. The maximum atomic E-state index is 12.0. The number of carbonyl (C=O) groups is 1. The van der Waals surface area contributed by atoms with E-state index >= 15 is 0 Å². The van der Waals surface area contributed by atoms with Gasteiger partial charge in [0.2, 0.25) is 10.0 Å². The molecule has 0 radical (unpaired) electrons. The number of anilines is 1. The Kier molecular flexibility index (Phi) is 6.26. The molecule has 2 aromatic carbocycles. The summed E-state index contributed by atoms with van der Waals surface area (Å²) in [6.07, 6.45) is 1.49. The number of nitrogens with one attached hydrogen (secondary N) is 2. The van der Waals surface area contributed by atoms with Crippen LogP contribution < -0.4 is 15.0 Å². The molecule has 0 heterocycles. The molecular weight excluding hydrogens is 340 g/mol. The van der Waals surface area contributed by atoms with Crippen molar-refractivity contribution in [3.63, 3.8) is 0 Å². The van der Waals surface area contributed by atoms with Crippen molar-refractivity contribution in [2.45, 2.75) is 4.90 Å². The molecule has 0 aliphatic heterocycles. The topological polar surface area (TPSA) is 90.9 Å². The number of rotatable bonds is 7. The minimum absolute atomic E-state index is 0.104. The van der Waals surface area contributed by atoms with Gasteiger partial charge in [-0.2, -0.15) is 5.10 Å². The quantitative estimate of drug-likeness (QED) is 0.573. The number of nitrogens with zero attached hydrogens (tertiary/aromatic N) is 2. The van der Waals surface area contributed by atoms with Crippen molar-refractivity contribution < 1.29 is 13.2 Å². The van der Waals surface area contributed by atoms with Gasteiger partial charge in [-0.05, 0) is 29.8 Å². The van der Waals surface area contributed by atoms with Gasteiger partial charge in [-0.25, -0.2) is 18.6 Å². The van der Waals surface area contributed by atoms with Gasteiger partial charge in [-0.1, -0.05) is 30.3 Å². The fraction of sp³-hybridized carbons (Fsp3) is 0.176. The van der Waals surface area contributed by atoms with E-state index in [1.165, 1.54) is 18.3 Å². The van der Waals surface area contributed by atoms with Gasteiger partial charge in [0.15, 0.2) is 0 Å². The first-order chi connectivity index (χ1) is 11.9. The number of amides is 1. The molecule has 7 nitrogen and oxygen atoms in total. The van der Waals surface area contributed by atoms with Crippen molar-refractivity contribution in [3.05, 3.63) is 60.2 Å². The molecule has 1 amide bonds. The monoisotopic (exact) mass is 360 g/mol. The lowest BCUT2D eigenvalue weighted by atomic mass is 10.2. The van der Waals surface area contributed by atoms with Crippen LogP contribution in [0.3, 0.4) is 0 Å². The molecule has 0 atom stereocenters. The summed E-state index contributed by atoms with van der Waals surface area (Å²) in [5, 5.41) is 3.82. The number of carbonyl (C=O) groups excluding carboxylic acids is 1. The van der Waals surface area contributed by atoms with Gasteiger partial charge in [0.1, 0.15) is 0 Å². The van der Waals surface area contributed by atoms with Gasteiger partial charge in [-0.15, -0.1) is 0 Å². The molecule has 2 aromatic rings. The Morgan fingerprint density at radius 2 is 1.72 bits per heavy atom. The predicted molar refractivity (Wildman–Crippen MR) is 98.1 cm³/mol. The molecule has 25 heavy (non-hydrogen) atoms. The Morgan fingerprint density at radius 1 is 1.08 bits per heavy atom. The molecule has 0 unspecified atom stereocenters. The average Bonchev–Trinajstić information content (AvgIpc) is 2.61. The fourth-order valence-corrected chi connectivity index (χ4v) is 2.92. The van der Waals surface area contributed by atoms with Gasteiger partial charge < -0.3 is 4.90 Å². The van der Waals surface area contributed by atoms with E-state index in [-0.39, 0.29) is 4.90 Å². The highest BCUT2D eigenvalue weighted by atomic mass is 32.2. The maximum Gasteiger partial charge on any atom is 0.255 e. The third kappa shape index (κ3) is 5.70.